The maximum absolute atomic E-state index is 6.19. The van der Waals surface area contributed by atoms with Crippen molar-refractivity contribution in [2.75, 3.05) is 0 Å². The van der Waals surface area contributed by atoms with Crippen LogP contribution in [-0.2, 0) is 6.42 Å². The monoisotopic (exact) mass is 385 g/mol. The van der Waals surface area contributed by atoms with Crippen LogP contribution in [0.3, 0.4) is 0 Å². The summed E-state index contributed by atoms with van der Waals surface area (Å²) < 4.78 is 12.2. The maximum atomic E-state index is 6.19. The highest BCUT2D eigenvalue weighted by Crippen LogP contribution is 2.36. The van der Waals surface area contributed by atoms with Crippen molar-refractivity contribution in [2.24, 2.45) is 5.73 Å². The second-order valence-electron chi connectivity index (χ2n) is 7.69. The topological polar surface area (TPSA) is 44.5 Å². The third-order valence-corrected chi connectivity index (χ3v) is 5.02. The Hall–Kier alpha value is -3.04. The van der Waals surface area contributed by atoms with E-state index in [1.807, 2.05) is 13.0 Å². The van der Waals surface area contributed by atoms with E-state index in [1.54, 1.807) is 0 Å². The van der Waals surface area contributed by atoms with E-state index < -0.39 is 0 Å². The molecule has 1 atom stereocenters. The molecule has 0 spiro atoms. The van der Waals surface area contributed by atoms with E-state index >= 15 is 0 Å². The van der Waals surface area contributed by atoms with Crippen LogP contribution in [0.2, 0.25) is 0 Å². The zero-order valence-electron chi connectivity index (χ0n) is 17.2. The minimum absolute atomic E-state index is 0.0993. The van der Waals surface area contributed by atoms with E-state index in [0.717, 1.165) is 17.1 Å². The van der Waals surface area contributed by atoms with Gasteiger partial charge in [-0.3, -0.25) is 5.73 Å². The summed E-state index contributed by atoms with van der Waals surface area (Å²) >= 11 is 0. The second-order valence-corrected chi connectivity index (χ2v) is 7.69. The number of fused-ring (bicyclic) bond motifs is 2. The Balaban J connectivity index is 1.93. The van der Waals surface area contributed by atoms with Gasteiger partial charge in [-0.2, -0.15) is 0 Å². The fourth-order valence-corrected chi connectivity index (χ4v) is 3.85. The van der Waals surface area contributed by atoms with Gasteiger partial charge < -0.3 is 9.47 Å². The average molecular weight is 386 g/mol. The Labute approximate surface area is 172 Å². The molecule has 29 heavy (non-hydrogen) atoms. The van der Waals surface area contributed by atoms with Gasteiger partial charge in [0.2, 0.25) is 0 Å². The summed E-state index contributed by atoms with van der Waals surface area (Å²) in [5.41, 5.74) is 8.27. The van der Waals surface area contributed by atoms with E-state index in [4.69, 9.17) is 15.2 Å². The van der Waals surface area contributed by atoms with Crippen molar-refractivity contribution in [3.63, 3.8) is 0 Å². The van der Waals surface area contributed by atoms with Crippen molar-refractivity contribution in [3.8, 4) is 11.5 Å². The summed E-state index contributed by atoms with van der Waals surface area (Å²) in [4.78, 5) is 0. The standard InChI is InChI=1S/C26H27NO2/c1-17(2)28-25-14-12-19-8-4-6-10-21(19)23(25)16-24-22-11-7-5-9-20(22)13-15-26(24)29-18(3)27/h4-15,17-18H,16,27H2,1-3H3. The van der Waals surface area contributed by atoms with Gasteiger partial charge in [0, 0.05) is 17.5 Å². The lowest BCUT2D eigenvalue weighted by Crippen LogP contribution is -2.23. The third-order valence-electron chi connectivity index (χ3n) is 5.02. The van der Waals surface area contributed by atoms with Crippen LogP contribution >= 0.6 is 0 Å². The molecule has 0 aromatic heterocycles. The zero-order chi connectivity index (χ0) is 20.4. The van der Waals surface area contributed by atoms with Crippen molar-refractivity contribution in [3.05, 3.63) is 83.9 Å². The Morgan fingerprint density at radius 1 is 0.655 bits per heavy atom. The minimum Gasteiger partial charge on any atom is -0.491 e. The molecule has 4 aromatic rings. The number of benzene rings is 4. The van der Waals surface area contributed by atoms with Crippen LogP contribution in [0.4, 0.5) is 0 Å². The smallest absolute Gasteiger partial charge is 0.144 e. The molecule has 0 amide bonds. The van der Waals surface area contributed by atoms with Crippen LogP contribution in [0, 0.1) is 0 Å². The largest absolute Gasteiger partial charge is 0.491 e. The summed E-state index contributed by atoms with van der Waals surface area (Å²) in [6.45, 7) is 5.97. The van der Waals surface area contributed by atoms with E-state index in [-0.39, 0.29) is 12.3 Å². The van der Waals surface area contributed by atoms with Crippen molar-refractivity contribution in [1.29, 1.82) is 0 Å². The highest BCUT2D eigenvalue weighted by Gasteiger charge is 2.16. The summed E-state index contributed by atoms with van der Waals surface area (Å²) in [5, 5.41) is 4.76. The van der Waals surface area contributed by atoms with Crippen molar-refractivity contribution < 1.29 is 9.47 Å². The molecule has 4 aromatic carbocycles. The van der Waals surface area contributed by atoms with Gasteiger partial charge >= 0.3 is 0 Å². The fourth-order valence-electron chi connectivity index (χ4n) is 3.85. The van der Waals surface area contributed by atoms with Crippen LogP contribution < -0.4 is 15.2 Å². The first-order chi connectivity index (χ1) is 14.0. The summed E-state index contributed by atoms with van der Waals surface area (Å²) in [5.74, 6) is 1.74. The lowest BCUT2D eigenvalue weighted by Gasteiger charge is -2.20. The van der Waals surface area contributed by atoms with E-state index in [1.165, 1.54) is 27.1 Å². The number of hydrogen-bond acceptors (Lipinski definition) is 3. The van der Waals surface area contributed by atoms with Gasteiger partial charge in [0.1, 0.15) is 17.7 Å². The summed E-state index contributed by atoms with van der Waals surface area (Å²) in [6, 6.07) is 25.2. The molecular weight excluding hydrogens is 358 g/mol. The molecule has 3 heteroatoms. The maximum Gasteiger partial charge on any atom is 0.144 e. The van der Waals surface area contributed by atoms with Gasteiger partial charge in [0.25, 0.3) is 0 Å². The predicted molar refractivity (Wildman–Crippen MR) is 121 cm³/mol. The first kappa shape index (κ1) is 19.3. The Morgan fingerprint density at radius 3 is 1.62 bits per heavy atom. The number of hydrogen-bond donors (Lipinski definition) is 1. The van der Waals surface area contributed by atoms with Gasteiger partial charge in [-0.1, -0.05) is 60.7 Å². The van der Waals surface area contributed by atoms with Gasteiger partial charge in [-0.15, -0.1) is 0 Å². The Morgan fingerprint density at radius 2 is 1.14 bits per heavy atom. The molecule has 3 nitrogen and oxygen atoms in total. The molecule has 0 fully saturated rings. The van der Waals surface area contributed by atoms with Gasteiger partial charge in [-0.25, -0.2) is 0 Å². The SMILES string of the molecule is CC(C)Oc1ccc2ccccc2c1Cc1c(OC(C)N)ccc2ccccc12. The lowest BCUT2D eigenvalue weighted by molar-refractivity contribution is 0.228. The van der Waals surface area contributed by atoms with Gasteiger partial charge in [0.15, 0.2) is 0 Å². The van der Waals surface area contributed by atoms with E-state index in [2.05, 4.69) is 80.6 Å². The molecule has 0 bridgehead atoms. The van der Waals surface area contributed by atoms with Gasteiger partial charge in [-0.05, 0) is 54.4 Å². The molecule has 2 N–H and O–H groups in total. The van der Waals surface area contributed by atoms with Crippen LogP contribution in [0.25, 0.3) is 21.5 Å². The first-order valence-corrected chi connectivity index (χ1v) is 10.1. The Kier molecular flexibility index (Phi) is 5.41. The summed E-state index contributed by atoms with van der Waals surface area (Å²) in [7, 11) is 0. The highest BCUT2D eigenvalue weighted by molar-refractivity contribution is 5.91. The average Bonchev–Trinajstić information content (AvgIpc) is 2.70. The van der Waals surface area contributed by atoms with E-state index in [9.17, 15) is 0 Å². The van der Waals surface area contributed by atoms with Gasteiger partial charge in [0.05, 0.1) is 6.10 Å². The zero-order valence-corrected chi connectivity index (χ0v) is 17.2. The number of nitrogens with two attached hydrogens (primary N) is 1. The number of ether oxygens (including phenoxy) is 2. The molecule has 4 rings (SSSR count). The van der Waals surface area contributed by atoms with Crippen molar-refractivity contribution in [2.45, 2.75) is 39.5 Å². The first-order valence-electron chi connectivity index (χ1n) is 10.1. The highest BCUT2D eigenvalue weighted by atomic mass is 16.5. The predicted octanol–water partition coefficient (Wildman–Crippen LogP) is 6.05. The minimum atomic E-state index is -0.381. The third kappa shape index (κ3) is 4.06. The van der Waals surface area contributed by atoms with Crippen LogP contribution in [0.15, 0.2) is 72.8 Å². The quantitative estimate of drug-likeness (QED) is 0.411. The van der Waals surface area contributed by atoms with Crippen molar-refractivity contribution in [1.82, 2.24) is 0 Å². The normalized spacial score (nSPS) is 12.4. The van der Waals surface area contributed by atoms with Crippen LogP contribution in [0.1, 0.15) is 31.9 Å². The van der Waals surface area contributed by atoms with Crippen molar-refractivity contribution >= 4 is 21.5 Å². The molecule has 0 saturated heterocycles. The molecule has 0 saturated carbocycles. The molecule has 0 aliphatic carbocycles. The summed E-state index contributed by atoms with van der Waals surface area (Å²) in [6.07, 6.45) is 0.420. The lowest BCUT2D eigenvalue weighted by atomic mass is 9.93. The molecule has 148 valence electrons. The Bertz CT molecular complexity index is 1060. The molecular formula is C26H27NO2. The van der Waals surface area contributed by atoms with Crippen LogP contribution in [-0.4, -0.2) is 12.3 Å². The van der Waals surface area contributed by atoms with Crippen LogP contribution in [0.5, 0.6) is 11.5 Å². The molecule has 0 aliphatic heterocycles. The number of rotatable bonds is 6. The molecule has 0 radical (unpaired) electrons. The van der Waals surface area contributed by atoms with E-state index in [0.29, 0.717) is 6.42 Å². The fraction of sp³-hybridized carbons (Fsp3) is 0.231. The molecule has 1 unspecified atom stereocenters. The molecule has 0 aliphatic rings. The second kappa shape index (κ2) is 8.14. The molecule has 0 heterocycles.